The summed E-state index contributed by atoms with van der Waals surface area (Å²) < 4.78 is 2.69. The molecule has 0 aliphatic rings. The van der Waals surface area contributed by atoms with Gasteiger partial charge in [-0.2, -0.15) is 5.10 Å². The molecule has 0 atom stereocenters. The summed E-state index contributed by atoms with van der Waals surface area (Å²) in [5.74, 6) is -0.0174. The Bertz CT molecular complexity index is 630. The van der Waals surface area contributed by atoms with Gasteiger partial charge >= 0.3 is 5.69 Å². The van der Waals surface area contributed by atoms with E-state index in [0.717, 1.165) is 5.69 Å². The van der Waals surface area contributed by atoms with Crippen LogP contribution in [0.5, 0.6) is 0 Å². The van der Waals surface area contributed by atoms with Crippen molar-refractivity contribution < 1.29 is 4.79 Å². The van der Waals surface area contributed by atoms with Gasteiger partial charge in [0.1, 0.15) is 6.33 Å². The Labute approximate surface area is 117 Å². The first-order valence-electron chi connectivity index (χ1n) is 6.57. The van der Waals surface area contributed by atoms with Crippen LogP contribution >= 0.6 is 0 Å². The van der Waals surface area contributed by atoms with E-state index < -0.39 is 0 Å². The Balaban J connectivity index is 2.04. The fraction of sp³-hybridized carbons (Fsp3) is 0.357. The number of rotatable bonds is 5. The molecule has 0 unspecified atom stereocenters. The van der Waals surface area contributed by atoms with Crippen molar-refractivity contribution in [2.24, 2.45) is 7.05 Å². The zero-order valence-electron chi connectivity index (χ0n) is 11.7. The zero-order valence-corrected chi connectivity index (χ0v) is 11.7. The maximum atomic E-state index is 12.2. The fourth-order valence-electron chi connectivity index (χ4n) is 2.02. The van der Waals surface area contributed by atoms with Crippen LogP contribution in [0.25, 0.3) is 0 Å². The highest BCUT2D eigenvalue weighted by molar-refractivity contribution is 5.93. The van der Waals surface area contributed by atoms with Crippen molar-refractivity contribution in [3.05, 3.63) is 47.1 Å². The van der Waals surface area contributed by atoms with Crippen LogP contribution in [0.15, 0.2) is 41.5 Å². The van der Waals surface area contributed by atoms with Crippen molar-refractivity contribution in [2.75, 3.05) is 11.4 Å². The summed E-state index contributed by atoms with van der Waals surface area (Å²) in [5, 5.41) is 3.94. The molecule has 2 rings (SSSR count). The fourth-order valence-corrected chi connectivity index (χ4v) is 2.02. The predicted molar refractivity (Wildman–Crippen MR) is 76.6 cm³/mol. The van der Waals surface area contributed by atoms with Gasteiger partial charge in [-0.25, -0.2) is 9.48 Å². The quantitative estimate of drug-likeness (QED) is 0.818. The minimum Gasteiger partial charge on any atom is -0.313 e. The van der Waals surface area contributed by atoms with Crippen LogP contribution in [-0.2, 0) is 18.4 Å². The summed E-state index contributed by atoms with van der Waals surface area (Å²) in [4.78, 5) is 25.6. The largest absolute Gasteiger partial charge is 0.345 e. The minimum absolute atomic E-state index is 0.0174. The summed E-state index contributed by atoms with van der Waals surface area (Å²) in [6, 6.07) is 9.50. The predicted octanol–water partition coefficient (Wildman–Crippen LogP) is 1.02. The van der Waals surface area contributed by atoms with Crippen LogP contribution in [-0.4, -0.2) is 26.8 Å². The lowest BCUT2D eigenvalue weighted by Crippen LogP contribution is -2.32. The summed E-state index contributed by atoms with van der Waals surface area (Å²) >= 11 is 0. The minimum atomic E-state index is -0.208. The third-order valence-corrected chi connectivity index (χ3v) is 3.11. The lowest BCUT2D eigenvalue weighted by molar-refractivity contribution is -0.118. The van der Waals surface area contributed by atoms with Crippen LogP contribution in [0, 0.1) is 0 Å². The number of aryl methyl sites for hydroxylation is 2. The molecule has 0 saturated carbocycles. The van der Waals surface area contributed by atoms with E-state index in [9.17, 15) is 9.59 Å². The Kier molecular flexibility index (Phi) is 4.34. The van der Waals surface area contributed by atoms with Crippen LogP contribution in [0.1, 0.15) is 13.3 Å². The smallest absolute Gasteiger partial charge is 0.313 e. The van der Waals surface area contributed by atoms with Gasteiger partial charge in [-0.3, -0.25) is 9.36 Å². The van der Waals surface area contributed by atoms with Gasteiger partial charge < -0.3 is 4.90 Å². The molecule has 1 aromatic carbocycles. The molecule has 0 fully saturated rings. The van der Waals surface area contributed by atoms with E-state index in [2.05, 4.69) is 5.10 Å². The first-order chi connectivity index (χ1) is 9.63. The Morgan fingerprint density at radius 1 is 1.30 bits per heavy atom. The summed E-state index contributed by atoms with van der Waals surface area (Å²) in [6.07, 6.45) is 1.70. The molecule has 6 nitrogen and oxygen atoms in total. The Morgan fingerprint density at radius 2 is 2.00 bits per heavy atom. The number of nitrogens with zero attached hydrogens (tertiary/aromatic N) is 4. The number of hydrogen-bond donors (Lipinski definition) is 0. The van der Waals surface area contributed by atoms with Crippen LogP contribution < -0.4 is 10.6 Å². The van der Waals surface area contributed by atoms with Gasteiger partial charge in [-0.05, 0) is 19.1 Å². The number of para-hydroxylation sites is 1. The molecule has 20 heavy (non-hydrogen) atoms. The maximum absolute atomic E-state index is 12.2. The standard InChI is InChI=1S/C14H18N4O2/c1-3-17(12-7-5-4-6-8-12)13(19)9-10-18-14(20)16(2)11-15-18/h4-8,11H,3,9-10H2,1-2H3. The van der Waals surface area contributed by atoms with Gasteiger partial charge in [-0.1, -0.05) is 18.2 Å². The monoisotopic (exact) mass is 274 g/mol. The van der Waals surface area contributed by atoms with Crippen molar-refractivity contribution >= 4 is 11.6 Å². The van der Waals surface area contributed by atoms with Crippen molar-refractivity contribution in [1.82, 2.24) is 14.3 Å². The summed E-state index contributed by atoms with van der Waals surface area (Å²) in [5.41, 5.74) is 0.661. The second-order valence-electron chi connectivity index (χ2n) is 4.47. The summed E-state index contributed by atoms with van der Waals surface area (Å²) in [6.45, 7) is 2.82. The van der Waals surface area contributed by atoms with E-state index in [1.165, 1.54) is 15.6 Å². The topological polar surface area (TPSA) is 60.1 Å². The van der Waals surface area contributed by atoms with Gasteiger partial charge in [0.25, 0.3) is 0 Å². The lowest BCUT2D eigenvalue weighted by Gasteiger charge is -2.20. The van der Waals surface area contributed by atoms with E-state index in [1.807, 2.05) is 37.3 Å². The van der Waals surface area contributed by atoms with Gasteiger partial charge in [0.2, 0.25) is 5.91 Å². The van der Waals surface area contributed by atoms with Gasteiger partial charge in [0.05, 0.1) is 6.54 Å². The number of aromatic nitrogens is 3. The Hall–Kier alpha value is -2.37. The van der Waals surface area contributed by atoms with E-state index in [4.69, 9.17) is 0 Å². The molecule has 0 bridgehead atoms. The highest BCUT2D eigenvalue weighted by Crippen LogP contribution is 2.14. The van der Waals surface area contributed by atoms with Crippen LogP contribution in [0.2, 0.25) is 0 Å². The van der Waals surface area contributed by atoms with E-state index in [0.29, 0.717) is 13.1 Å². The number of benzene rings is 1. The van der Waals surface area contributed by atoms with Crippen LogP contribution in [0.3, 0.4) is 0 Å². The molecule has 0 saturated heterocycles. The number of amides is 1. The molecule has 0 N–H and O–H groups in total. The zero-order chi connectivity index (χ0) is 14.5. The van der Waals surface area contributed by atoms with Crippen molar-refractivity contribution in [3.8, 4) is 0 Å². The molecule has 0 radical (unpaired) electrons. The highest BCUT2D eigenvalue weighted by atomic mass is 16.2. The van der Waals surface area contributed by atoms with Crippen molar-refractivity contribution in [2.45, 2.75) is 19.9 Å². The second kappa shape index (κ2) is 6.18. The molecule has 1 heterocycles. The molecular weight excluding hydrogens is 256 g/mol. The van der Waals surface area contributed by atoms with E-state index >= 15 is 0 Å². The molecule has 6 heteroatoms. The molecule has 0 spiro atoms. The third-order valence-electron chi connectivity index (χ3n) is 3.11. The molecular formula is C14H18N4O2. The maximum Gasteiger partial charge on any atom is 0.345 e. The number of carbonyl (C=O) groups is 1. The molecule has 2 aromatic rings. The second-order valence-corrected chi connectivity index (χ2v) is 4.47. The van der Waals surface area contributed by atoms with Gasteiger partial charge in [0.15, 0.2) is 0 Å². The third kappa shape index (κ3) is 2.96. The SMILES string of the molecule is CCN(C(=O)CCn1ncn(C)c1=O)c1ccccc1. The molecule has 1 aromatic heterocycles. The van der Waals surface area contributed by atoms with E-state index in [-0.39, 0.29) is 18.0 Å². The number of anilines is 1. The first kappa shape index (κ1) is 14.0. The molecule has 0 aliphatic carbocycles. The molecule has 0 aliphatic heterocycles. The molecule has 1 amide bonds. The lowest BCUT2D eigenvalue weighted by atomic mass is 10.2. The summed E-state index contributed by atoms with van der Waals surface area (Å²) in [7, 11) is 1.63. The van der Waals surface area contributed by atoms with Gasteiger partial charge in [0, 0.05) is 25.7 Å². The van der Waals surface area contributed by atoms with Gasteiger partial charge in [-0.15, -0.1) is 0 Å². The number of carbonyl (C=O) groups excluding carboxylic acids is 1. The highest BCUT2D eigenvalue weighted by Gasteiger charge is 2.14. The van der Waals surface area contributed by atoms with Crippen LogP contribution in [0.4, 0.5) is 5.69 Å². The van der Waals surface area contributed by atoms with Crippen molar-refractivity contribution in [1.29, 1.82) is 0 Å². The Morgan fingerprint density at radius 3 is 2.55 bits per heavy atom. The average Bonchev–Trinajstić information content (AvgIpc) is 2.78. The van der Waals surface area contributed by atoms with Crippen molar-refractivity contribution in [3.63, 3.8) is 0 Å². The van der Waals surface area contributed by atoms with E-state index in [1.54, 1.807) is 11.9 Å². The number of hydrogen-bond acceptors (Lipinski definition) is 3. The molecule has 106 valence electrons. The normalized spacial score (nSPS) is 10.5. The average molecular weight is 274 g/mol. The first-order valence-corrected chi connectivity index (χ1v) is 6.57.